The van der Waals surface area contributed by atoms with Crippen molar-refractivity contribution in [2.45, 2.75) is 38.8 Å². The second-order valence-corrected chi connectivity index (χ2v) is 3.97. The summed E-state index contributed by atoms with van der Waals surface area (Å²) in [7, 11) is 0. The van der Waals surface area contributed by atoms with Gasteiger partial charge in [-0.2, -0.15) is 0 Å². The predicted molar refractivity (Wildman–Crippen MR) is 54.7 cm³/mol. The molecular weight excluding hydrogens is 210 g/mol. The number of hydrogen-bond acceptors (Lipinski definition) is 5. The molecule has 1 fully saturated rings. The van der Waals surface area contributed by atoms with E-state index in [-0.39, 0.29) is 6.54 Å². The van der Waals surface area contributed by atoms with Gasteiger partial charge in [0.25, 0.3) is 0 Å². The lowest BCUT2D eigenvalue weighted by atomic mass is 10.4. The molecule has 0 aromatic carbocycles. The fourth-order valence-electron chi connectivity index (χ4n) is 1.60. The second kappa shape index (κ2) is 4.61. The first-order valence-corrected chi connectivity index (χ1v) is 5.46. The van der Waals surface area contributed by atoms with Gasteiger partial charge in [0, 0.05) is 12.5 Å². The summed E-state index contributed by atoms with van der Waals surface area (Å²) in [5, 5.41) is 16.5. The molecule has 1 aromatic rings. The van der Waals surface area contributed by atoms with Crippen molar-refractivity contribution in [3.05, 3.63) is 11.8 Å². The molecule has 1 aromatic heterocycles. The Labute approximate surface area is 93.3 Å². The standard InChI is InChI=1S/C10H15N3O3/c1-2-8-11-12-9(16-8)5-13(6-10(14)15)7-3-4-7/h7H,2-6H2,1H3,(H,14,15). The lowest BCUT2D eigenvalue weighted by Gasteiger charge is -2.16. The van der Waals surface area contributed by atoms with Gasteiger partial charge in [0.2, 0.25) is 11.8 Å². The van der Waals surface area contributed by atoms with Crippen LogP contribution in [0, 0.1) is 0 Å². The Morgan fingerprint density at radius 1 is 1.50 bits per heavy atom. The van der Waals surface area contributed by atoms with E-state index in [1.165, 1.54) is 0 Å². The normalized spacial score (nSPS) is 15.6. The number of hydrogen-bond donors (Lipinski definition) is 1. The van der Waals surface area contributed by atoms with Crippen LogP contribution in [0.3, 0.4) is 0 Å². The molecule has 0 radical (unpaired) electrons. The van der Waals surface area contributed by atoms with Crippen molar-refractivity contribution in [1.82, 2.24) is 15.1 Å². The van der Waals surface area contributed by atoms with Crippen LogP contribution in [0.25, 0.3) is 0 Å². The molecule has 2 rings (SSSR count). The fraction of sp³-hybridized carbons (Fsp3) is 0.700. The lowest BCUT2D eigenvalue weighted by molar-refractivity contribution is -0.138. The summed E-state index contributed by atoms with van der Waals surface area (Å²) >= 11 is 0. The van der Waals surface area contributed by atoms with Gasteiger partial charge in [0.05, 0.1) is 13.1 Å². The zero-order valence-corrected chi connectivity index (χ0v) is 9.22. The summed E-state index contributed by atoms with van der Waals surface area (Å²) in [5.41, 5.74) is 0. The minimum atomic E-state index is -0.817. The number of nitrogens with zero attached hydrogens (tertiary/aromatic N) is 3. The van der Waals surface area contributed by atoms with Gasteiger partial charge in [-0.25, -0.2) is 0 Å². The lowest BCUT2D eigenvalue weighted by Crippen LogP contribution is -2.31. The second-order valence-electron chi connectivity index (χ2n) is 3.97. The van der Waals surface area contributed by atoms with Gasteiger partial charge < -0.3 is 9.52 Å². The first-order chi connectivity index (χ1) is 7.69. The number of carbonyl (C=O) groups is 1. The van der Waals surface area contributed by atoms with Crippen LogP contribution in [0.2, 0.25) is 0 Å². The molecule has 16 heavy (non-hydrogen) atoms. The highest BCUT2D eigenvalue weighted by molar-refractivity contribution is 5.69. The number of aliphatic carboxylic acids is 1. The van der Waals surface area contributed by atoms with Crippen LogP contribution in [-0.2, 0) is 17.8 Å². The average Bonchev–Trinajstić information content (AvgIpc) is 2.98. The van der Waals surface area contributed by atoms with E-state index < -0.39 is 5.97 Å². The van der Waals surface area contributed by atoms with Crippen molar-refractivity contribution in [2.75, 3.05) is 6.54 Å². The molecule has 0 bridgehead atoms. The first-order valence-electron chi connectivity index (χ1n) is 5.46. The van der Waals surface area contributed by atoms with Crippen molar-refractivity contribution < 1.29 is 14.3 Å². The molecule has 0 spiro atoms. The highest BCUT2D eigenvalue weighted by atomic mass is 16.4. The zero-order valence-electron chi connectivity index (χ0n) is 9.22. The van der Waals surface area contributed by atoms with Crippen LogP contribution >= 0.6 is 0 Å². The van der Waals surface area contributed by atoms with E-state index in [4.69, 9.17) is 9.52 Å². The molecule has 1 aliphatic carbocycles. The third-order valence-electron chi connectivity index (χ3n) is 2.55. The van der Waals surface area contributed by atoms with Crippen molar-refractivity contribution >= 4 is 5.97 Å². The smallest absolute Gasteiger partial charge is 0.317 e. The summed E-state index contributed by atoms with van der Waals surface area (Å²) in [4.78, 5) is 12.6. The van der Waals surface area contributed by atoms with Crippen molar-refractivity contribution in [3.8, 4) is 0 Å². The summed E-state index contributed by atoms with van der Waals surface area (Å²) < 4.78 is 5.37. The van der Waals surface area contributed by atoms with E-state index in [9.17, 15) is 4.79 Å². The molecule has 1 saturated carbocycles. The van der Waals surface area contributed by atoms with Crippen LogP contribution in [0.4, 0.5) is 0 Å². The number of rotatable bonds is 6. The van der Waals surface area contributed by atoms with Crippen molar-refractivity contribution in [3.63, 3.8) is 0 Å². The fourth-order valence-corrected chi connectivity index (χ4v) is 1.60. The zero-order chi connectivity index (χ0) is 11.5. The minimum Gasteiger partial charge on any atom is -0.480 e. The van der Waals surface area contributed by atoms with Crippen LogP contribution in [-0.4, -0.2) is 38.8 Å². The molecule has 1 N–H and O–H groups in total. The van der Waals surface area contributed by atoms with Crippen LogP contribution < -0.4 is 0 Å². The van der Waals surface area contributed by atoms with Crippen LogP contribution in [0.15, 0.2) is 4.42 Å². The SMILES string of the molecule is CCc1nnc(CN(CC(=O)O)C2CC2)o1. The van der Waals surface area contributed by atoms with Gasteiger partial charge in [0.15, 0.2) is 0 Å². The molecule has 6 heteroatoms. The Bertz CT molecular complexity index is 373. The van der Waals surface area contributed by atoms with Crippen LogP contribution in [0.1, 0.15) is 31.5 Å². The minimum absolute atomic E-state index is 0.0362. The summed E-state index contributed by atoms with van der Waals surface area (Å²) in [6.07, 6.45) is 2.82. The monoisotopic (exact) mass is 225 g/mol. The van der Waals surface area contributed by atoms with E-state index in [0.29, 0.717) is 30.8 Å². The summed E-state index contributed by atoms with van der Waals surface area (Å²) in [6.45, 7) is 2.41. The molecular formula is C10H15N3O3. The van der Waals surface area contributed by atoms with Gasteiger partial charge in [-0.05, 0) is 12.8 Å². The molecule has 0 amide bonds. The van der Waals surface area contributed by atoms with Gasteiger partial charge in [-0.1, -0.05) is 6.92 Å². The highest BCUT2D eigenvalue weighted by Crippen LogP contribution is 2.27. The van der Waals surface area contributed by atoms with Gasteiger partial charge in [-0.15, -0.1) is 10.2 Å². The molecule has 0 saturated heterocycles. The third-order valence-corrected chi connectivity index (χ3v) is 2.55. The Hall–Kier alpha value is -1.43. The van der Waals surface area contributed by atoms with Crippen LogP contribution in [0.5, 0.6) is 0 Å². The quantitative estimate of drug-likeness (QED) is 0.767. The maximum atomic E-state index is 10.7. The molecule has 1 aliphatic rings. The molecule has 0 atom stereocenters. The van der Waals surface area contributed by atoms with Gasteiger partial charge >= 0.3 is 5.97 Å². The summed E-state index contributed by atoms with van der Waals surface area (Å²) in [6, 6.07) is 0.369. The van der Waals surface area contributed by atoms with Crippen molar-refractivity contribution in [2.24, 2.45) is 0 Å². The largest absolute Gasteiger partial charge is 0.480 e. The Balaban J connectivity index is 1.96. The first kappa shape index (κ1) is 11.1. The molecule has 6 nitrogen and oxygen atoms in total. The van der Waals surface area contributed by atoms with E-state index >= 15 is 0 Å². The molecule has 0 aliphatic heterocycles. The van der Waals surface area contributed by atoms with Gasteiger partial charge in [-0.3, -0.25) is 9.69 Å². The number of aromatic nitrogens is 2. The van der Waals surface area contributed by atoms with Gasteiger partial charge in [0.1, 0.15) is 0 Å². The maximum Gasteiger partial charge on any atom is 0.317 e. The number of carboxylic acids is 1. The maximum absolute atomic E-state index is 10.7. The summed E-state index contributed by atoms with van der Waals surface area (Å²) in [5.74, 6) is 0.285. The Morgan fingerprint density at radius 2 is 2.19 bits per heavy atom. The number of carboxylic acid groups (broad SMARTS) is 1. The van der Waals surface area contributed by atoms with E-state index in [1.54, 1.807) is 0 Å². The molecule has 0 unspecified atom stereocenters. The van der Waals surface area contributed by atoms with E-state index in [1.807, 2.05) is 11.8 Å². The Kier molecular flexibility index (Phi) is 3.19. The van der Waals surface area contributed by atoms with E-state index in [2.05, 4.69) is 10.2 Å². The molecule has 1 heterocycles. The number of aryl methyl sites for hydroxylation is 1. The predicted octanol–water partition coefficient (Wildman–Crippen LogP) is 0.681. The molecule has 88 valence electrons. The van der Waals surface area contributed by atoms with E-state index in [0.717, 1.165) is 12.8 Å². The average molecular weight is 225 g/mol. The third kappa shape index (κ3) is 2.79. The topological polar surface area (TPSA) is 79.5 Å². The Morgan fingerprint density at radius 3 is 2.69 bits per heavy atom. The van der Waals surface area contributed by atoms with Crippen molar-refractivity contribution in [1.29, 1.82) is 0 Å². The highest BCUT2D eigenvalue weighted by Gasteiger charge is 2.31.